The van der Waals surface area contributed by atoms with E-state index in [1.54, 1.807) is 23.1 Å². The molecule has 1 N–H and O–H groups in total. The zero-order chi connectivity index (χ0) is 20.1. The van der Waals surface area contributed by atoms with E-state index >= 15 is 0 Å². The van der Waals surface area contributed by atoms with Gasteiger partial charge >= 0.3 is 5.97 Å². The second-order valence-corrected chi connectivity index (χ2v) is 8.63. The highest BCUT2D eigenvalue weighted by atomic mass is 35.5. The normalized spacial score (nSPS) is 20.5. The minimum Gasteiger partial charge on any atom is -0.481 e. The smallest absolute Gasteiger partial charge is 0.313 e. The van der Waals surface area contributed by atoms with Gasteiger partial charge in [0, 0.05) is 12.1 Å². The highest BCUT2D eigenvalue weighted by molar-refractivity contribution is 6.42. The van der Waals surface area contributed by atoms with E-state index in [0.29, 0.717) is 40.6 Å². The molecule has 1 aliphatic heterocycles. The summed E-state index contributed by atoms with van der Waals surface area (Å²) in [6, 6.07) is 10.8. The lowest BCUT2D eigenvalue weighted by molar-refractivity contribution is -0.143. The molecule has 1 saturated carbocycles. The van der Waals surface area contributed by atoms with Gasteiger partial charge in [0.05, 0.1) is 15.6 Å². The third-order valence-corrected chi connectivity index (χ3v) is 6.85. The van der Waals surface area contributed by atoms with Crippen molar-refractivity contribution >= 4 is 35.1 Å². The first kappa shape index (κ1) is 19.3. The SMILES string of the molecule is Cc1ccc2c(c1)[C@H](C(=O)O)C1(CCCC1)N(Cc1ccc(Cl)c(Cl)c1)C2=O. The summed E-state index contributed by atoms with van der Waals surface area (Å²) in [5, 5.41) is 11.1. The zero-order valence-corrected chi connectivity index (χ0v) is 17.1. The molecule has 0 saturated heterocycles. The molecule has 28 heavy (non-hydrogen) atoms. The lowest BCUT2D eigenvalue weighted by Gasteiger charge is -2.49. The Hall–Kier alpha value is -2.04. The topological polar surface area (TPSA) is 57.6 Å². The Morgan fingerprint density at radius 1 is 1.14 bits per heavy atom. The highest BCUT2D eigenvalue weighted by Gasteiger charge is 2.55. The number of hydrogen-bond acceptors (Lipinski definition) is 2. The summed E-state index contributed by atoms with van der Waals surface area (Å²) in [6.45, 7) is 2.24. The number of hydrogen-bond donors (Lipinski definition) is 1. The van der Waals surface area contributed by atoms with Crippen molar-refractivity contribution in [3.05, 3.63) is 68.7 Å². The molecule has 146 valence electrons. The van der Waals surface area contributed by atoms with Crippen molar-refractivity contribution in [2.75, 3.05) is 0 Å². The number of fused-ring (bicyclic) bond motifs is 1. The van der Waals surface area contributed by atoms with Crippen LogP contribution in [-0.4, -0.2) is 27.4 Å². The Morgan fingerprint density at radius 2 is 1.86 bits per heavy atom. The van der Waals surface area contributed by atoms with Gasteiger partial charge in [-0.25, -0.2) is 0 Å². The molecule has 2 aromatic carbocycles. The molecule has 0 unspecified atom stereocenters. The lowest BCUT2D eigenvalue weighted by atomic mass is 9.71. The molecule has 1 atom stereocenters. The maximum Gasteiger partial charge on any atom is 0.313 e. The van der Waals surface area contributed by atoms with E-state index in [0.717, 1.165) is 24.0 Å². The Bertz CT molecular complexity index is 966. The van der Waals surface area contributed by atoms with E-state index in [1.165, 1.54) is 0 Å². The number of amides is 1. The van der Waals surface area contributed by atoms with Gasteiger partial charge in [0.2, 0.25) is 0 Å². The predicted octanol–water partition coefficient (Wildman–Crippen LogP) is 5.44. The van der Waals surface area contributed by atoms with Crippen molar-refractivity contribution in [1.29, 1.82) is 0 Å². The van der Waals surface area contributed by atoms with Crippen molar-refractivity contribution in [3.8, 4) is 0 Å². The number of carboxylic acid groups (broad SMARTS) is 1. The number of carboxylic acids is 1. The first-order valence-electron chi connectivity index (χ1n) is 9.43. The fourth-order valence-electron chi connectivity index (χ4n) is 4.87. The minimum atomic E-state index is -0.875. The van der Waals surface area contributed by atoms with Crippen molar-refractivity contribution in [3.63, 3.8) is 0 Å². The van der Waals surface area contributed by atoms with E-state index < -0.39 is 17.4 Å². The summed E-state index contributed by atoms with van der Waals surface area (Å²) in [7, 11) is 0. The molecule has 1 amide bonds. The van der Waals surface area contributed by atoms with Gasteiger partial charge in [0.15, 0.2) is 0 Å². The van der Waals surface area contributed by atoms with Crippen LogP contribution in [0, 0.1) is 6.92 Å². The second-order valence-electron chi connectivity index (χ2n) is 7.81. The molecular formula is C22H21Cl2NO3. The van der Waals surface area contributed by atoms with Gasteiger partial charge in [-0.1, -0.05) is 59.8 Å². The van der Waals surface area contributed by atoms with Crippen LogP contribution >= 0.6 is 23.2 Å². The van der Waals surface area contributed by atoms with Gasteiger partial charge in [-0.3, -0.25) is 9.59 Å². The molecule has 0 bridgehead atoms. The Balaban J connectivity index is 1.86. The molecule has 1 heterocycles. The van der Waals surface area contributed by atoms with Crippen LogP contribution in [0.2, 0.25) is 10.0 Å². The molecule has 1 aliphatic carbocycles. The molecule has 1 fully saturated rings. The summed E-state index contributed by atoms with van der Waals surface area (Å²) >= 11 is 12.2. The second kappa shape index (κ2) is 7.09. The third kappa shape index (κ3) is 2.99. The Kier molecular flexibility index (Phi) is 4.88. The number of benzene rings is 2. The molecule has 4 nitrogen and oxygen atoms in total. The number of rotatable bonds is 3. The van der Waals surface area contributed by atoms with Gasteiger partial charge in [-0.2, -0.15) is 0 Å². The maximum absolute atomic E-state index is 13.5. The Morgan fingerprint density at radius 3 is 2.50 bits per heavy atom. The number of aryl methyl sites for hydroxylation is 1. The van der Waals surface area contributed by atoms with Gasteiger partial charge in [0.25, 0.3) is 5.91 Å². The maximum atomic E-state index is 13.5. The fourth-order valence-corrected chi connectivity index (χ4v) is 5.19. The number of carbonyl (C=O) groups is 2. The first-order valence-corrected chi connectivity index (χ1v) is 10.2. The molecule has 1 spiro atoms. The summed E-state index contributed by atoms with van der Waals surface area (Å²) in [5.74, 6) is -1.72. The van der Waals surface area contributed by atoms with Crippen molar-refractivity contribution in [1.82, 2.24) is 4.90 Å². The van der Waals surface area contributed by atoms with Crippen LogP contribution < -0.4 is 0 Å². The van der Waals surface area contributed by atoms with Crippen molar-refractivity contribution in [2.45, 2.75) is 50.6 Å². The van der Waals surface area contributed by atoms with Crippen LogP contribution in [0.5, 0.6) is 0 Å². The van der Waals surface area contributed by atoms with Crippen LogP contribution in [0.1, 0.15) is 58.6 Å². The molecule has 6 heteroatoms. The van der Waals surface area contributed by atoms with Gasteiger partial charge in [0.1, 0.15) is 5.92 Å². The van der Waals surface area contributed by atoms with E-state index in [1.807, 2.05) is 25.1 Å². The first-order chi connectivity index (χ1) is 13.3. The quantitative estimate of drug-likeness (QED) is 0.722. The zero-order valence-electron chi connectivity index (χ0n) is 15.5. The van der Waals surface area contributed by atoms with Gasteiger partial charge in [-0.05, 0) is 49.1 Å². The lowest BCUT2D eigenvalue weighted by Crippen LogP contribution is -2.58. The highest BCUT2D eigenvalue weighted by Crippen LogP contribution is 2.51. The monoisotopic (exact) mass is 417 g/mol. The number of halogens is 2. The summed E-state index contributed by atoms with van der Waals surface area (Å²) < 4.78 is 0. The number of carbonyl (C=O) groups excluding carboxylic acids is 1. The fraction of sp³-hybridized carbons (Fsp3) is 0.364. The molecule has 0 aromatic heterocycles. The van der Waals surface area contributed by atoms with E-state index in [4.69, 9.17) is 23.2 Å². The predicted molar refractivity (Wildman–Crippen MR) is 109 cm³/mol. The average molecular weight is 418 g/mol. The van der Waals surface area contributed by atoms with Gasteiger partial charge < -0.3 is 10.0 Å². The average Bonchev–Trinajstić information content (AvgIpc) is 3.11. The number of aliphatic carboxylic acids is 1. The van der Waals surface area contributed by atoms with Crippen LogP contribution in [0.15, 0.2) is 36.4 Å². The summed E-state index contributed by atoms with van der Waals surface area (Å²) in [5.41, 5.74) is 2.22. The summed E-state index contributed by atoms with van der Waals surface area (Å²) in [6.07, 6.45) is 3.20. The summed E-state index contributed by atoms with van der Waals surface area (Å²) in [4.78, 5) is 27.7. The molecule has 2 aliphatic rings. The van der Waals surface area contributed by atoms with Crippen molar-refractivity contribution < 1.29 is 14.7 Å². The third-order valence-electron chi connectivity index (χ3n) is 6.11. The van der Waals surface area contributed by atoms with E-state index in [-0.39, 0.29) is 5.91 Å². The number of nitrogens with zero attached hydrogens (tertiary/aromatic N) is 1. The largest absolute Gasteiger partial charge is 0.481 e. The minimum absolute atomic E-state index is 0.111. The molecular weight excluding hydrogens is 397 g/mol. The van der Waals surface area contributed by atoms with E-state index in [9.17, 15) is 14.7 Å². The molecule has 2 aromatic rings. The molecule has 0 radical (unpaired) electrons. The van der Waals surface area contributed by atoms with E-state index in [2.05, 4.69) is 0 Å². The van der Waals surface area contributed by atoms with Crippen LogP contribution in [0.4, 0.5) is 0 Å². The van der Waals surface area contributed by atoms with Crippen LogP contribution in [0.3, 0.4) is 0 Å². The molecule has 4 rings (SSSR count). The standard InChI is InChI=1S/C22H21Cl2NO3/c1-13-4-6-15-16(10-13)19(21(27)28)22(8-2-3-9-22)25(20(15)26)12-14-5-7-17(23)18(24)11-14/h4-7,10-11,19H,2-3,8-9,12H2,1H3,(H,27,28)/t19-/m1/s1. The Labute approximate surface area is 174 Å². The van der Waals surface area contributed by atoms with Crippen LogP contribution in [-0.2, 0) is 11.3 Å². The van der Waals surface area contributed by atoms with Gasteiger partial charge in [-0.15, -0.1) is 0 Å². The van der Waals surface area contributed by atoms with Crippen molar-refractivity contribution in [2.24, 2.45) is 0 Å². The van der Waals surface area contributed by atoms with Crippen LogP contribution in [0.25, 0.3) is 0 Å².